The Hall–Kier alpha value is -3.68. The predicted molar refractivity (Wildman–Crippen MR) is 122 cm³/mol. The first-order valence-electron chi connectivity index (χ1n) is 11.3. The second kappa shape index (κ2) is 8.93. The Labute approximate surface area is 196 Å². The number of carboxylic acids is 3. The molecule has 4 rings (SSSR count). The number of hydrogen-bond donors (Lipinski definition) is 3. The van der Waals surface area contributed by atoms with Crippen molar-refractivity contribution in [2.75, 3.05) is 0 Å². The van der Waals surface area contributed by atoms with Crippen molar-refractivity contribution in [3.05, 3.63) is 58.1 Å². The zero-order valence-electron chi connectivity index (χ0n) is 19.0. The molecule has 8 heteroatoms. The molecule has 2 aliphatic rings. The van der Waals surface area contributed by atoms with Gasteiger partial charge >= 0.3 is 17.9 Å². The summed E-state index contributed by atoms with van der Waals surface area (Å²) in [6, 6.07) is 9.78. The average molecular weight is 466 g/mol. The molecule has 0 unspecified atom stereocenters. The molecule has 0 bridgehead atoms. The van der Waals surface area contributed by atoms with Crippen molar-refractivity contribution in [1.82, 2.24) is 4.90 Å². The third kappa shape index (κ3) is 4.16. The summed E-state index contributed by atoms with van der Waals surface area (Å²) < 4.78 is 0. The van der Waals surface area contributed by atoms with Gasteiger partial charge in [-0.2, -0.15) is 0 Å². The molecule has 0 spiro atoms. The van der Waals surface area contributed by atoms with E-state index in [-0.39, 0.29) is 44.4 Å². The number of aliphatic carboxylic acids is 3. The van der Waals surface area contributed by atoms with Crippen LogP contribution in [0.1, 0.15) is 66.3 Å². The van der Waals surface area contributed by atoms with E-state index in [2.05, 4.69) is 0 Å². The number of hydrogen-bond acceptors (Lipinski definition) is 4. The van der Waals surface area contributed by atoms with Crippen molar-refractivity contribution >= 4 is 23.8 Å². The Bertz CT molecular complexity index is 1180. The fourth-order valence-electron chi connectivity index (χ4n) is 5.55. The zero-order valence-corrected chi connectivity index (χ0v) is 19.0. The van der Waals surface area contributed by atoms with Crippen molar-refractivity contribution in [3.63, 3.8) is 0 Å². The molecule has 0 radical (unpaired) electrons. The normalized spacial score (nSPS) is 14.9. The van der Waals surface area contributed by atoms with Crippen molar-refractivity contribution < 1.29 is 34.5 Å². The highest BCUT2D eigenvalue weighted by atomic mass is 16.4. The number of carbonyl (C=O) groups is 4. The van der Waals surface area contributed by atoms with Gasteiger partial charge in [-0.05, 0) is 53.1 Å². The van der Waals surface area contributed by atoms with Gasteiger partial charge < -0.3 is 20.2 Å². The quantitative estimate of drug-likeness (QED) is 0.514. The Balaban J connectivity index is 1.88. The lowest BCUT2D eigenvalue weighted by Crippen LogP contribution is -2.31. The topological polar surface area (TPSA) is 132 Å². The van der Waals surface area contributed by atoms with Gasteiger partial charge in [0.2, 0.25) is 5.91 Å². The Morgan fingerprint density at radius 2 is 1.38 bits per heavy atom. The molecule has 1 heterocycles. The van der Waals surface area contributed by atoms with Gasteiger partial charge in [-0.3, -0.25) is 19.2 Å². The van der Waals surface area contributed by atoms with Crippen molar-refractivity contribution in [2.45, 2.75) is 64.0 Å². The summed E-state index contributed by atoms with van der Waals surface area (Å²) in [5.74, 6) is -3.13. The molecule has 178 valence electrons. The van der Waals surface area contributed by atoms with E-state index >= 15 is 0 Å². The number of carbonyl (C=O) groups excluding carboxylic acids is 1. The van der Waals surface area contributed by atoms with Gasteiger partial charge in [0.15, 0.2) is 0 Å². The maximum Gasteiger partial charge on any atom is 0.303 e. The Kier molecular flexibility index (Phi) is 6.17. The van der Waals surface area contributed by atoms with E-state index in [9.17, 15) is 29.4 Å². The van der Waals surface area contributed by atoms with Crippen LogP contribution in [0, 0.1) is 6.92 Å². The lowest BCUT2D eigenvalue weighted by molar-refractivity contribution is -0.141. The van der Waals surface area contributed by atoms with E-state index in [4.69, 9.17) is 5.11 Å². The molecule has 1 aliphatic heterocycles. The van der Waals surface area contributed by atoms with Crippen LogP contribution in [0.5, 0.6) is 0 Å². The number of benzene rings is 2. The van der Waals surface area contributed by atoms with E-state index < -0.39 is 23.3 Å². The molecule has 0 atom stereocenters. The largest absolute Gasteiger partial charge is 0.481 e. The molecule has 0 fully saturated rings. The summed E-state index contributed by atoms with van der Waals surface area (Å²) in [4.78, 5) is 48.6. The first kappa shape index (κ1) is 23.5. The number of nitrogens with zero attached hydrogens (tertiary/aromatic N) is 1. The maximum absolute atomic E-state index is 12.9. The standard InChI is InChI=1S/C26H27NO7/c1-15-11-17-14-27(20(28)5-6-21(29)30)13-16-3-2-4-18-24(16)25(17)19(12-15)26(18,9-7-22(31)32)10-8-23(33)34/h2-4,11-12H,5-10,13-14H2,1H3,(H,29,30)(H,31,32)(H,33,34). The van der Waals surface area contributed by atoms with Crippen LogP contribution in [0.4, 0.5) is 0 Å². The third-order valence-corrected chi connectivity index (χ3v) is 6.96. The van der Waals surface area contributed by atoms with E-state index in [1.807, 2.05) is 37.3 Å². The first-order chi connectivity index (χ1) is 16.1. The third-order valence-electron chi connectivity index (χ3n) is 6.96. The summed E-state index contributed by atoms with van der Waals surface area (Å²) in [6.07, 6.45) is 0.0607. The minimum Gasteiger partial charge on any atom is -0.481 e. The molecule has 1 amide bonds. The van der Waals surface area contributed by atoms with E-state index in [0.717, 1.165) is 38.9 Å². The SMILES string of the molecule is Cc1cc2c3c(c1)C(CCC(=O)O)(CCC(=O)O)c1cccc(c1-3)CN(C(=O)CCC(=O)O)C2. The van der Waals surface area contributed by atoms with Crippen molar-refractivity contribution in [3.8, 4) is 11.1 Å². The van der Waals surface area contributed by atoms with Gasteiger partial charge in [0, 0.05) is 37.8 Å². The van der Waals surface area contributed by atoms with Gasteiger partial charge in [0.1, 0.15) is 0 Å². The number of aryl methyl sites for hydroxylation is 1. The zero-order chi connectivity index (χ0) is 24.6. The molecule has 3 N–H and O–H groups in total. The van der Waals surface area contributed by atoms with Crippen LogP contribution in [0.15, 0.2) is 30.3 Å². The van der Waals surface area contributed by atoms with Crippen LogP contribution in [-0.2, 0) is 37.7 Å². The highest BCUT2D eigenvalue weighted by molar-refractivity contribution is 5.89. The number of amides is 1. The second-order valence-corrected chi connectivity index (χ2v) is 9.20. The molecule has 1 aliphatic carbocycles. The van der Waals surface area contributed by atoms with Crippen LogP contribution in [0.2, 0.25) is 0 Å². The second-order valence-electron chi connectivity index (χ2n) is 9.20. The minimum atomic E-state index is -1.02. The lowest BCUT2D eigenvalue weighted by Gasteiger charge is -2.33. The first-order valence-corrected chi connectivity index (χ1v) is 11.3. The molecular formula is C26H27NO7. The van der Waals surface area contributed by atoms with Crippen molar-refractivity contribution in [1.29, 1.82) is 0 Å². The number of rotatable bonds is 9. The fraction of sp³-hybridized carbons (Fsp3) is 0.385. The van der Waals surface area contributed by atoms with Gasteiger partial charge in [-0.1, -0.05) is 35.9 Å². The minimum absolute atomic E-state index is 0.0838. The van der Waals surface area contributed by atoms with Crippen LogP contribution >= 0.6 is 0 Å². The lowest BCUT2D eigenvalue weighted by atomic mass is 9.70. The molecular weight excluding hydrogens is 438 g/mol. The van der Waals surface area contributed by atoms with Crippen molar-refractivity contribution in [2.24, 2.45) is 0 Å². The monoisotopic (exact) mass is 465 g/mol. The Morgan fingerprint density at radius 1 is 0.794 bits per heavy atom. The van der Waals surface area contributed by atoms with Crippen LogP contribution < -0.4 is 0 Å². The molecule has 0 saturated heterocycles. The van der Waals surface area contributed by atoms with Crippen LogP contribution in [0.3, 0.4) is 0 Å². The van der Waals surface area contributed by atoms with Crippen LogP contribution in [-0.4, -0.2) is 44.0 Å². The highest BCUT2D eigenvalue weighted by Crippen LogP contribution is 2.57. The fourth-order valence-corrected chi connectivity index (χ4v) is 5.55. The highest BCUT2D eigenvalue weighted by Gasteiger charge is 2.46. The molecule has 2 aromatic carbocycles. The smallest absolute Gasteiger partial charge is 0.303 e. The van der Waals surface area contributed by atoms with Gasteiger partial charge in [-0.25, -0.2) is 0 Å². The summed E-state index contributed by atoms with van der Waals surface area (Å²) in [6.45, 7) is 2.55. The van der Waals surface area contributed by atoms with Gasteiger partial charge in [-0.15, -0.1) is 0 Å². The van der Waals surface area contributed by atoms with E-state index in [1.165, 1.54) is 0 Å². The van der Waals surface area contributed by atoms with Gasteiger partial charge in [0.25, 0.3) is 0 Å². The van der Waals surface area contributed by atoms with Crippen LogP contribution in [0.25, 0.3) is 11.1 Å². The summed E-state index contributed by atoms with van der Waals surface area (Å²) >= 11 is 0. The van der Waals surface area contributed by atoms with E-state index in [1.54, 1.807) is 4.90 Å². The molecule has 0 saturated carbocycles. The number of carboxylic acid groups (broad SMARTS) is 3. The molecule has 34 heavy (non-hydrogen) atoms. The molecule has 8 nitrogen and oxygen atoms in total. The summed E-state index contributed by atoms with van der Waals surface area (Å²) in [5.41, 5.74) is 5.76. The maximum atomic E-state index is 12.9. The Morgan fingerprint density at radius 3 is 2.00 bits per heavy atom. The van der Waals surface area contributed by atoms with E-state index in [0.29, 0.717) is 13.1 Å². The predicted octanol–water partition coefficient (Wildman–Crippen LogP) is 3.70. The van der Waals surface area contributed by atoms with Gasteiger partial charge in [0.05, 0.1) is 6.42 Å². The molecule has 2 aromatic rings. The summed E-state index contributed by atoms with van der Waals surface area (Å²) in [5, 5.41) is 27.9. The average Bonchev–Trinajstić information content (AvgIpc) is 2.92. The molecule has 0 aromatic heterocycles. The summed E-state index contributed by atoms with van der Waals surface area (Å²) in [7, 11) is 0.